The normalized spacial score (nSPS) is 12.7. The summed E-state index contributed by atoms with van der Waals surface area (Å²) in [7, 11) is 0. The van der Waals surface area contributed by atoms with Gasteiger partial charge in [0.15, 0.2) is 23.0 Å². The average Bonchev–Trinajstić information content (AvgIpc) is 3.03. The van der Waals surface area contributed by atoms with Gasteiger partial charge in [-0.2, -0.15) is 0 Å². The van der Waals surface area contributed by atoms with E-state index in [0.29, 0.717) is 23.0 Å². The van der Waals surface area contributed by atoms with Crippen LogP contribution in [-0.4, -0.2) is 9.97 Å². The molecule has 42 heavy (non-hydrogen) atoms. The van der Waals surface area contributed by atoms with Crippen molar-refractivity contribution in [2.24, 2.45) is 0 Å². The largest absolute Gasteiger partial charge is 0.453 e. The summed E-state index contributed by atoms with van der Waals surface area (Å²) >= 11 is 0. The molecule has 8 rings (SSSR count). The van der Waals surface area contributed by atoms with Gasteiger partial charge in [0.1, 0.15) is 17.2 Å². The SMILES string of the molecule is Nc1ccc2c(c1)N(c1ccccc1)c1cnc(Nc3ccc4c(c3)Oc3ccncc3N4c3ccccc3)cc1O2. The first kappa shape index (κ1) is 23.8. The number of aromatic nitrogens is 2. The zero-order chi connectivity index (χ0) is 28.0. The van der Waals surface area contributed by atoms with Crippen LogP contribution < -0.4 is 30.3 Å². The third-order valence-electron chi connectivity index (χ3n) is 7.25. The van der Waals surface area contributed by atoms with Crippen molar-refractivity contribution in [1.29, 1.82) is 0 Å². The zero-order valence-electron chi connectivity index (χ0n) is 22.3. The number of benzene rings is 4. The molecule has 3 N–H and O–H groups in total. The van der Waals surface area contributed by atoms with Gasteiger partial charge in [-0.15, -0.1) is 0 Å². The maximum Gasteiger partial charge on any atom is 0.156 e. The summed E-state index contributed by atoms with van der Waals surface area (Å²) in [6, 6.07) is 35.7. The maximum absolute atomic E-state index is 6.34. The molecule has 2 aliphatic rings. The van der Waals surface area contributed by atoms with Crippen molar-refractivity contribution in [2.45, 2.75) is 0 Å². The van der Waals surface area contributed by atoms with E-state index in [4.69, 9.17) is 20.2 Å². The molecule has 202 valence electrons. The number of nitrogens with one attached hydrogen (secondary N) is 1. The fraction of sp³-hybridized carbons (Fsp3) is 0. The predicted octanol–water partition coefficient (Wildman–Crippen LogP) is 8.95. The Labute approximate surface area is 242 Å². The number of anilines is 9. The lowest BCUT2D eigenvalue weighted by Gasteiger charge is -2.33. The van der Waals surface area contributed by atoms with E-state index in [1.807, 2.05) is 109 Å². The zero-order valence-corrected chi connectivity index (χ0v) is 22.3. The van der Waals surface area contributed by atoms with Crippen molar-refractivity contribution in [3.8, 4) is 23.0 Å². The van der Waals surface area contributed by atoms with Gasteiger partial charge in [-0.3, -0.25) is 4.98 Å². The smallest absolute Gasteiger partial charge is 0.156 e. The molecule has 4 aromatic carbocycles. The second-order valence-electron chi connectivity index (χ2n) is 9.96. The van der Waals surface area contributed by atoms with Crippen molar-refractivity contribution < 1.29 is 9.47 Å². The van der Waals surface area contributed by atoms with Gasteiger partial charge in [0.2, 0.25) is 0 Å². The fourth-order valence-electron chi connectivity index (χ4n) is 5.38. The van der Waals surface area contributed by atoms with E-state index in [0.717, 1.165) is 51.3 Å². The van der Waals surface area contributed by atoms with Crippen molar-refractivity contribution in [2.75, 3.05) is 20.9 Å². The molecule has 0 aliphatic carbocycles. The minimum atomic E-state index is 0.640. The highest BCUT2D eigenvalue weighted by Gasteiger charge is 2.28. The first-order valence-electron chi connectivity index (χ1n) is 13.5. The first-order valence-corrected chi connectivity index (χ1v) is 13.5. The number of ether oxygens (including phenoxy) is 2. The van der Waals surface area contributed by atoms with Crippen LogP contribution in [0, 0.1) is 0 Å². The third kappa shape index (κ3) is 4.01. The van der Waals surface area contributed by atoms with Crippen LogP contribution in [0.25, 0.3) is 0 Å². The molecule has 0 radical (unpaired) electrons. The number of para-hydroxylation sites is 2. The number of nitrogens with two attached hydrogens (primary N) is 1. The Hall–Kier alpha value is -6.02. The number of nitrogens with zero attached hydrogens (tertiary/aromatic N) is 4. The van der Waals surface area contributed by atoms with Gasteiger partial charge in [0.25, 0.3) is 0 Å². The van der Waals surface area contributed by atoms with E-state index in [-0.39, 0.29) is 0 Å². The maximum atomic E-state index is 6.34. The van der Waals surface area contributed by atoms with E-state index < -0.39 is 0 Å². The molecule has 0 fully saturated rings. The highest BCUT2D eigenvalue weighted by molar-refractivity contribution is 5.89. The van der Waals surface area contributed by atoms with Crippen molar-refractivity contribution in [1.82, 2.24) is 9.97 Å². The Morgan fingerprint density at radius 2 is 1.24 bits per heavy atom. The number of hydrogen-bond donors (Lipinski definition) is 2. The monoisotopic (exact) mass is 548 g/mol. The topological polar surface area (TPSA) is 88.8 Å². The van der Waals surface area contributed by atoms with E-state index in [2.05, 4.69) is 32.2 Å². The predicted molar refractivity (Wildman–Crippen MR) is 166 cm³/mol. The molecule has 0 amide bonds. The molecular formula is C34H24N6O2. The van der Waals surface area contributed by atoms with Crippen LogP contribution in [0.5, 0.6) is 23.0 Å². The molecule has 0 atom stereocenters. The number of hydrogen-bond acceptors (Lipinski definition) is 8. The van der Waals surface area contributed by atoms with Crippen molar-refractivity contribution >= 4 is 51.3 Å². The molecule has 8 nitrogen and oxygen atoms in total. The lowest BCUT2D eigenvalue weighted by Crippen LogP contribution is -2.17. The third-order valence-corrected chi connectivity index (χ3v) is 7.25. The molecule has 0 spiro atoms. The molecular weight excluding hydrogens is 524 g/mol. The lowest BCUT2D eigenvalue weighted by atomic mass is 10.1. The minimum Gasteiger partial charge on any atom is -0.453 e. The second-order valence-corrected chi connectivity index (χ2v) is 9.96. The van der Waals surface area contributed by atoms with E-state index in [9.17, 15) is 0 Å². The Balaban J connectivity index is 1.15. The Morgan fingerprint density at radius 3 is 2.00 bits per heavy atom. The molecule has 2 aliphatic heterocycles. The number of fused-ring (bicyclic) bond motifs is 4. The van der Waals surface area contributed by atoms with Gasteiger partial charge < -0.3 is 30.3 Å². The van der Waals surface area contributed by atoms with Crippen LogP contribution in [0.2, 0.25) is 0 Å². The average molecular weight is 549 g/mol. The summed E-state index contributed by atoms with van der Waals surface area (Å²) in [6.07, 6.45) is 5.36. The van der Waals surface area contributed by atoms with Gasteiger partial charge in [0.05, 0.1) is 23.8 Å². The van der Waals surface area contributed by atoms with Crippen molar-refractivity contribution in [3.05, 3.63) is 128 Å². The molecule has 0 unspecified atom stereocenters. The van der Waals surface area contributed by atoms with E-state index >= 15 is 0 Å². The van der Waals surface area contributed by atoms with E-state index in [1.165, 1.54) is 0 Å². The van der Waals surface area contributed by atoms with Crippen LogP contribution in [0.1, 0.15) is 0 Å². The number of pyridine rings is 2. The van der Waals surface area contributed by atoms with Crippen LogP contribution >= 0.6 is 0 Å². The molecule has 8 heteroatoms. The minimum absolute atomic E-state index is 0.640. The van der Waals surface area contributed by atoms with E-state index in [1.54, 1.807) is 6.20 Å². The quantitative estimate of drug-likeness (QED) is 0.211. The van der Waals surface area contributed by atoms with Crippen LogP contribution in [0.3, 0.4) is 0 Å². The molecule has 0 saturated heterocycles. The molecule has 6 aromatic rings. The second kappa shape index (κ2) is 9.57. The van der Waals surface area contributed by atoms with Crippen LogP contribution in [0.4, 0.5) is 51.3 Å². The Morgan fingerprint density at radius 1 is 0.571 bits per heavy atom. The molecule has 0 saturated carbocycles. The Kier molecular flexibility index (Phi) is 5.43. The van der Waals surface area contributed by atoms with Gasteiger partial charge in [0, 0.05) is 47.1 Å². The first-order chi connectivity index (χ1) is 20.7. The van der Waals surface area contributed by atoms with Gasteiger partial charge >= 0.3 is 0 Å². The van der Waals surface area contributed by atoms with Crippen LogP contribution in [-0.2, 0) is 0 Å². The van der Waals surface area contributed by atoms with Gasteiger partial charge in [-0.1, -0.05) is 36.4 Å². The summed E-state index contributed by atoms with van der Waals surface area (Å²) in [5.74, 6) is 3.49. The summed E-state index contributed by atoms with van der Waals surface area (Å²) in [5.41, 5.74) is 13.1. The van der Waals surface area contributed by atoms with Gasteiger partial charge in [-0.25, -0.2) is 4.98 Å². The number of rotatable bonds is 4. The standard InChI is InChI=1S/C34H24N6O2/c35-22-11-14-30-27(17-22)40(25-9-5-2-6-10-25)29-21-37-34(19-33(29)41-30)38-23-12-13-26-32(18-23)42-31-15-16-36-20-28(31)39(26)24-7-3-1-4-8-24/h1-21H,35H2,(H,37,38). The molecule has 2 aromatic heterocycles. The Bertz CT molecular complexity index is 1950. The summed E-state index contributed by atoms with van der Waals surface area (Å²) in [5, 5.41) is 3.43. The highest BCUT2D eigenvalue weighted by atomic mass is 16.5. The highest BCUT2D eigenvalue weighted by Crippen LogP contribution is 2.52. The number of nitrogen functional groups attached to an aromatic ring is 1. The molecule has 0 bridgehead atoms. The molecule has 4 heterocycles. The summed E-state index contributed by atoms with van der Waals surface area (Å²) in [4.78, 5) is 13.3. The summed E-state index contributed by atoms with van der Waals surface area (Å²) in [6.45, 7) is 0. The van der Waals surface area contributed by atoms with Crippen molar-refractivity contribution in [3.63, 3.8) is 0 Å². The van der Waals surface area contributed by atoms with Gasteiger partial charge in [-0.05, 0) is 54.6 Å². The van der Waals surface area contributed by atoms with Crippen LogP contribution in [0.15, 0.2) is 128 Å². The fourth-order valence-corrected chi connectivity index (χ4v) is 5.38. The summed E-state index contributed by atoms with van der Waals surface area (Å²) < 4.78 is 12.7. The lowest BCUT2D eigenvalue weighted by molar-refractivity contribution is 0.476.